The normalized spacial score (nSPS) is 33.3. The van der Waals surface area contributed by atoms with Crippen molar-refractivity contribution in [2.24, 2.45) is 17.8 Å². The number of amides is 3. The summed E-state index contributed by atoms with van der Waals surface area (Å²) in [6.45, 7) is 9.58. The van der Waals surface area contributed by atoms with Gasteiger partial charge in [-0.2, -0.15) is 0 Å². The van der Waals surface area contributed by atoms with Crippen LogP contribution in [0, 0.1) is 17.8 Å². The lowest BCUT2D eigenvalue weighted by Gasteiger charge is -2.42. The summed E-state index contributed by atoms with van der Waals surface area (Å²) in [7, 11) is 1.51. The maximum atomic E-state index is 14.7. The summed E-state index contributed by atoms with van der Waals surface area (Å²) in [5.74, 6) is -4.04. The van der Waals surface area contributed by atoms with Crippen LogP contribution >= 0.6 is 0 Å². The number of carbonyl (C=O) groups excluding carboxylic acids is 4. The molecular weight excluding hydrogens is 590 g/mol. The van der Waals surface area contributed by atoms with Gasteiger partial charge in [-0.15, -0.1) is 0 Å². The largest absolute Gasteiger partial charge is 0.455 e. The second-order valence-electron chi connectivity index (χ2n) is 14.0. The van der Waals surface area contributed by atoms with Gasteiger partial charge in [0, 0.05) is 25.6 Å². The molecule has 11 nitrogen and oxygen atoms in total. The van der Waals surface area contributed by atoms with E-state index in [1.165, 1.54) is 12.0 Å². The summed E-state index contributed by atoms with van der Waals surface area (Å²) in [5.41, 5.74) is -1.41. The first-order valence-electron chi connectivity index (χ1n) is 16.2. The summed E-state index contributed by atoms with van der Waals surface area (Å²) < 4.78 is 18.5. The Balaban J connectivity index is 1.66. The summed E-state index contributed by atoms with van der Waals surface area (Å²) >= 11 is 0. The molecule has 1 aromatic carbocycles. The smallest absolute Gasteiger partial charge is 0.313 e. The van der Waals surface area contributed by atoms with Gasteiger partial charge < -0.3 is 34.4 Å². The summed E-state index contributed by atoms with van der Waals surface area (Å²) in [5, 5.41) is 13.5. The Kier molecular flexibility index (Phi) is 9.77. The molecule has 4 aliphatic heterocycles. The third kappa shape index (κ3) is 6.00. The second kappa shape index (κ2) is 13.3. The number of esters is 1. The molecule has 5 rings (SSSR count). The van der Waals surface area contributed by atoms with Gasteiger partial charge in [-0.05, 0) is 38.7 Å². The van der Waals surface area contributed by atoms with Gasteiger partial charge in [0.1, 0.15) is 23.7 Å². The first kappa shape index (κ1) is 33.8. The molecule has 1 aromatic rings. The van der Waals surface area contributed by atoms with E-state index in [2.05, 4.69) is 5.32 Å². The number of methoxy groups -OCH3 is 1. The van der Waals surface area contributed by atoms with Gasteiger partial charge in [-0.3, -0.25) is 19.2 Å². The van der Waals surface area contributed by atoms with Crippen LogP contribution in [0.25, 0.3) is 0 Å². The zero-order valence-electron chi connectivity index (χ0n) is 27.5. The molecule has 4 aliphatic rings. The number of hydrogen-bond donors (Lipinski definition) is 2. The lowest BCUT2D eigenvalue weighted by Crippen LogP contribution is -2.61. The number of nitrogens with one attached hydrogen (secondary N) is 1. The summed E-state index contributed by atoms with van der Waals surface area (Å²) in [4.78, 5) is 59.9. The Labute approximate surface area is 270 Å². The highest BCUT2D eigenvalue weighted by atomic mass is 16.6. The number of likely N-dealkylation sites (tertiary alicyclic amines) is 1. The van der Waals surface area contributed by atoms with Gasteiger partial charge >= 0.3 is 5.97 Å². The Morgan fingerprint density at radius 2 is 1.80 bits per heavy atom. The zero-order valence-corrected chi connectivity index (χ0v) is 27.5. The van der Waals surface area contributed by atoms with E-state index in [9.17, 15) is 24.3 Å². The van der Waals surface area contributed by atoms with Crippen LogP contribution in [0.1, 0.15) is 59.1 Å². The van der Waals surface area contributed by atoms with Crippen LogP contribution in [0.5, 0.6) is 0 Å². The molecule has 0 unspecified atom stereocenters. The lowest BCUT2D eigenvalue weighted by atomic mass is 9.77. The van der Waals surface area contributed by atoms with Crippen LogP contribution < -0.4 is 5.32 Å². The van der Waals surface area contributed by atoms with Gasteiger partial charge in [-0.25, -0.2) is 0 Å². The predicted molar refractivity (Wildman–Crippen MR) is 169 cm³/mol. The standard InChI is InChI=1S/C35H47N3O8/c1-21(2)24(19-39)38-30-32(42)37(34(3,4)5)18-12-17-35(30)28(31(38)41)27-25(46-35)15-10-11-16-26(40)36-23(20-44-6)29(45-33(27)43)22-13-8-7-9-14-22/h7-10,12-15,17,21,23-25,27-30,39H,11,16,18-20H2,1-6H3,(H,36,40)/b15-10-/t23-,24+,25-,27+,28+,29-,30-,35+/m1/s1. The highest BCUT2D eigenvalue weighted by Crippen LogP contribution is 2.54. The average molecular weight is 638 g/mol. The second-order valence-corrected chi connectivity index (χ2v) is 14.0. The number of ether oxygens (including phenoxy) is 3. The first-order valence-corrected chi connectivity index (χ1v) is 16.2. The van der Waals surface area contributed by atoms with E-state index in [1.807, 2.05) is 71.0 Å². The Bertz CT molecular complexity index is 1370. The number of rotatable bonds is 6. The van der Waals surface area contributed by atoms with Gasteiger partial charge in [0.25, 0.3) is 0 Å². The molecular formula is C35H47N3O8. The number of aliphatic hydroxyl groups excluding tert-OH is 1. The molecule has 250 valence electrons. The Morgan fingerprint density at radius 3 is 2.43 bits per heavy atom. The van der Waals surface area contributed by atoms with Crippen LogP contribution in [0.2, 0.25) is 0 Å². The number of allylic oxidation sites excluding steroid dienone is 1. The van der Waals surface area contributed by atoms with Crippen molar-refractivity contribution in [3.05, 3.63) is 60.2 Å². The van der Waals surface area contributed by atoms with Gasteiger partial charge in [0.2, 0.25) is 17.7 Å². The fourth-order valence-electron chi connectivity index (χ4n) is 7.41. The molecule has 2 saturated heterocycles. The fourth-order valence-corrected chi connectivity index (χ4v) is 7.41. The number of nitrogens with zero attached hydrogens (tertiary/aromatic N) is 2. The molecule has 0 saturated carbocycles. The minimum absolute atomic E-state index is 0.0770. The van der Waals surface area contributed by atoms with Gasteiger partial charge in [-0.1, -0.05) is 68.5 Å². The average Bonchev–Trinajstić information content (AvgIpc) is 3.38. The third-order valence-electron chi connectivity index (χ3n) is 9.62. The van der Waals surface area contributed by atoms with E-state index in [0.717, 1.165) is 0 Å². The Morgan fingerprint density at radius 1 is 1.09 bits per heavy atom. The molecule has 0 aromatic heterocycles. The van der Waals surface area contributed by atoms with E-state index >= 15 is 0 Å². The minimum atomic E-state index is -1.49. The predicted octanol–water partition coefficient (Wildman–Crippen LogP) is 2.55. The lowest BCUT2D eigenvalue weighted by molar-refractivity contribution is -0.163. The van der Waals surface area contributed by atoms with Crippen molar-refractivity contribution < 1.29 is 38.5 Å². The molecule has 0 aliphatic carbocycles. The molecule has 4 heterocycles. The van der Waals surface area contributed by atoms with Crippen molar-refractivity contribution in [3.8, 4) is 0 Å². The van der Waals surface area contributed by atoms with E-state index in [-0.39, 0.29) is 37.4 Å². The van der Waals surface area contributed by atoms with Crippen LogP contribution in [-0.2, 0) is 33.4 Å². The molecule has 46 heavy (non-hydrogen) atoms. The highest BCUT2D eigenvalue weighted by molar-refractivity contribution is 5.99. The van der Waals surface area contributed by atoms with Crippen molar-refractivity contribution in [3.63, 3.8) is 0 Å². The minimum Gasteiger partial charge on any atom is -0.455 e. The molecule has 0 bridgehead atoms. The van der Waals surface area contributed by atoms with Crippen molar-refractivity contribution in [1.29, 1.82) is 0 Å². The number of benzene rings is 1. The molecule has 11 heteroatoms. The van der Waals surface area contributed by atoms with Gasteiger partial charge in [0.05, 0.1) is 37.3 Å². The van der Waals surface area contributed by atoms with Crippen molar-refractivity contribution >= 4 is 23.7 Å². The van der Waals surface area contributed by atoms with E-state index < -0.39 is 65.2 Å². The third-order valence-corrected chi connectivity index (χ3v) is 9.62. The molecule has 8 atom stereocenters. The first-order chi connectivity index (χ1) is 21.9. The number of aliphatic hydroxyl groups is 1. The van der Waals surface area contributed by atoms with E-state index in [1.54, 1.807) is 23.1 Å². The van der Waals surface area contributed by atoms with Crippen LogP contribution in [0.4, 0.5) is 0 Å². The number of carbonyl (C=O) groups is 4. The Hall–Kier alpha value is -3.54. The topological polar surface area (TPSA) is 135 Å². The zero-order chi connectivity index (χ0) is 33.4. The van der Waals surface area contributed by atoms with Crippen molar-refractivity contribution in [2.45, 2.75) is 88.9 Å². The van der Waals surface area contributed by atoms with Crippen LogP contribution in [-0.4, -0.2) is 101 Å². The maximum absolute atomic E-state index is 14.7. The number of fused-ring (bicyclic) bond motifs is 2. The van der Waals surface area contributed by atoms with Crippen LogP contribution in [0.3, 0.4) is 0 Å². The molecule has 1 spiro atoms. The quantitative estimate of drug-likeness (QED) is 0.359. The molecule has 0 radical (unpaired) electrons. The number of hydrogen-bond acceptors (Lipinski definition) is 8. The monoisotopic (exact) mass is 637 g/mol. The highest BCUT2D eigenvalue weighted by Gasteiger charge is 2.73. The van der Waals surface area contributed by atoms with Crippen molar-refractivity contribution in [2.75, 3.05) is 26.9 Å². The number of cyclic esters (lactones) is 1. The summed E-state index contributed by atoms with van der Waals surface area (Å²) in [6, 6.07) is 6.59. The fraction of sp³-hybridized carbons (Fsp3) is 0.600. The van der Waals surface area contributed by atoms with Gasteiger partial charge in [0.15, 0.2) is 0 Å². The summed E-state index contributed by atoms with van der Waals surface area (Å²) in [6.07, 6.45) is 5.82. The SMILES string of the molecule is COC[C@H]1NC(=O)CC/C=C\[C@H]2O[C@]34C=CCN(C(C)(C)C)C(=O)[C@H]3N([C@@H](CO)C(C)C)C(=O)[C@@H]4[C@H]2C(=O)O[C@@H]1c1ccccc1. The van der Waals surface area contributed by atoms with E-state index in [4.69, 9.17) is 14.2 Å². The molecule has 2 fully saturated rings. The van der Waals surface area contributed by atoms with E-state index in [0.29, 0.717) is 18.5 Å². The molecule has 3 amide bonds. The van der Waals surface area contributed by atoms with Crippen LogP contribution in [0.15, 0.2) is 54.6 Å². The molecule has 2 N–H and O–H groups in total. The maximum Gasteiger partial charge on any atom is 0.313 e. The van der Waals surface area contributed by atoms with Crippen molar-refractivity contribution in [1.82, 2.24) is 15.1 Å².